The maximum absolute atomic E-state index is 14.6. The van der Waals surface area contributed by atoms with Crippen LogP contribution in [0.3, 0.4) is 0 Å². The number of nitrogens with zero attached hydrogens (tertiary/aromatic N) is 3. The number of aryl methyl sites for hydroxylation is 2. The molecular weight excluding hydrogens is 392 g/mol. The number of halogens is 2. The van der Waals surface area contributed by atoms with Gasteiger partial charge in [0, 0.05) is 18.7 Å². The molecule has 6 nitrogen and oxygen atoms in total. The zero-order valence-corrected chi connectivity index (χ0v) is 16.9. The molecule has 158 valence electrons. The number of ether oxygens (including phenoxy) is 1. The van der Waals surface area contributed by atoms with Gasteiger partial charge < -0.3 is 9.64 Å². The molecule has 1 aromatic heterocycles. The van der Waals surface area contributed by atoms with Crippen LogP contribution in [-0.2, 0) is 27.3 Å². The van der Waals surface area contributed by atoms with Gasteiger partial charge in [-0.05, 0) is 42.2 Å². The van der Waals surface area contributed by atoms with Gasteiger partial charge in [0.1, 0.15) is 18.4 Å². The minimum Gasteiger partial charge on any atom is -0.380 e. The molecule has 4 rings (SSSR count). The number of benzene rings is 1. The van der Waals surface area contributed by atoms with E-state index in [1.165, 1.54) is 23.2 Å². The summed E-state index contributed by atoms with van der Waals surface area (Å²) in [4.78, 5) is 33.0. The summed E-state index contributed by atoms with van der Waals surface area (Å²) < 4.78 is 33.8. The van der Waals surface area contributed by atoms with Gasteiger partial charge in [-0.25, -0.2) is 13.8 Å². The van der Waals surface area contributed by atoms with Gasteiger partial charge in [0.05, 0.1) is 13.2 Å². The fraction of sp³-hybridized carbons (Fsp3) is 0.409. The fourth-order valence-electron chi connectivity index (χ4n) is 3.80. The van der Waals surface area contributed by atoms with Crippen molar-refractivity contribution in [3.05, 3.63) is 58.8 Å². The Kier molecular flexibility index (Phi) is 5.51. The van der Waals surface area contributed by atoms with Crippen molar-refractivity contribution in [1.82, 2.24) is 9.88 Å². The lowest BCUT2D eigenvalue weighted by Gasteiger charge is -2.45. The van der Waals surface area contributed by atoms with Gasteiger partial charge in [-0.2, -0.15) is 0 Å². The molecule has 2 saturated heterocycles. The molecule has 0 N–H and O–H groups in total. The normalized spacial score (nSPS) is 19.9. The van der Waals surface area contributed by atoms with E-state index in [1.807, 2.05) is 6.92 Å². The van der Waals surface area contributed by atoms with Crippen molar-refractivity contribution in [1.29, 1.82) is 0 Å². The summed E-state index contributed by atoms with van der Waals surface area (Å²) in [5.41, 5.74) is 1.81. The summed E-state index contributed by atoms with van der Waals surface area (Å²) in [5, 5.41) is 0. The van der Waals surface area contributed by atoms with Gasteiger partial charge in [0.25, 0.3) is 5.91 Å². The highest BCUT2D eigenvalue weighted by atomic mass is 19.1. The summed E-state index contributed by atoms with van der Waals surface area (Å²) >= 11 is 0. The summed E-state index contributed by atoms with van der Waals surface area (Å²) in [6.45, 7) is 3.99. The largest absolute Gasteiger partial charge is 0.380 e. The number of pyridine rings is 1. The first kappa shape index (κ1) is 20.4. The maximum atomic E-state index is 14.6. The molecule has 0 aliphatic carbocycles. The van der Waals surface area contributed by atoms with Crippen LogP contribution in [-0.4, -0.2) is 47.5 Å². The minimum absolute atomic E-state index is 0.0987. The van der Waals surface area contributed by atoms with E-state index in [9.17, 15) is 18.4 Å². The molecule has 0 bridgehead atoms. The number of carbonyl (C=O) groups excluding carboxylic acids is 2. The Labute approximate surface area is 173 Å². The molecule has 30 heavy (non-hydrogen) atoms. The van der Waals surface area contributed by atoms with Crippen molar-refractivity contribution in [2.75, 3.05) is 24.7 Å². The maximum Gasteiger partial charge on any atom is 0.251 e. The molecule has 2 aliphatic rings. The first-order valence-corrected chi connectivity index (χ1v) is 9.97. The predicted octanol–water partition coefficient (Wildman–Crippen LogP) is 2.62. The van der Waals surface area contributed by atoms with Crippen LogP contribution in [0.2, 0.25) is 0 Å². The third-order valence-corrected chi connectivity index (χ3v) is 5.71. The second kappa shape index (κ2) is 8.10. The molecule has 0 spiro atoms. The van der Waals surface area contributed by atoms with Gasteiger partial charge in [-0.15, -0.1) is 0 Å². The smallest absolute Gasteiger partial charge is 0.251 e. The predicted molar refractivity (Wildman–Crippen MR) is 106 cm³/mol. The Morgan fingerprint density at radius 2 is 1.87 bits per heavy atom. The highest BCUT2D eigenvalue weighted by Gasteiger charge is 2.47. The SMILES string of the molecule is CCc1cnc(N2CC(=O)N(Cc3ccc(C)c(F)c3)[C@@H](C3COC3)C2=O)c(F)c1. The molecule has 1 aromatic carbocycles. The first-order valence-electron chi connectivity index (χ1n) is 9.97. The minimum atomic E-state index is -0.809. The van der Waals surface area contributed by atoms with Gasteiger partial charge in [0.2, 0.25) is 5.91 Å². The van der Waals surface area contributed by atoms with Crippen molar-refractivity contribution in [3.8, 4) is 0 Å². The van der Waals surface area contributed by atoms with Crippen molar-refractivity contribution in [3.63, 3.8) is 0 Å². The van der Waals surface area contributed by atoms with Crippen LogP contribution in [0, 0.1) is 24.5 Å². The topological polar surface area (TPSA) is 62.7 Å². The van der Waals surface area contributed by atoms with E-state index in [1.54, 1.807) is 19.1 Å². The molecule has 2 amide bonds. The zero-order chi connectivity index (χ0) is 21.4. The number of hydrogen-bond acceptors (Lipinski definition) is 4. The highest BCUT2D eigenvalue weighted by Crippen LogP contribution is 2.30. The Balaban J connectivity index is 1.65. The summed E-state index contributed by atoms with van der Waals surface area (Å²) in [5.74, 6) is -2.07. The third kappa shape index (κ3) is 3.67. The van der Waals surface area contributed by atoms with E-state index in [-0.39, 0.29) is 36.5 Å². The molecule has 2 aromatic rings. The fourth-order valence-corrected chi connectivity index (χ4v) is 3.80. The van der Waals surface area contributed by atoms with Crippen molar-refractivity contribution in [2.24, 2.45) is 5.92 Å². The number of amides is 2. The number of rotatable bonds is 5. The van der Waals surface area contributed by atoms with E-state index < -0.39 is 17.8 Å². The third-order valence-electron chi connectivity index (χ3n) is 5.71. The second-order valence-corrected chi connectivity index (χ2v) is 7.77. The lowest BCUT2D eigenvalue weighted by molar-refractivity contribution is -0.155. The van der Waals surface area contributed by atoms with Crippen molar-refractivity contribution in [2.45, 2.75) is 32.9 Å². The number of piperazine rings is 1. The summed E-state index contributed by atoms with van der Waals surface area (Å²) in [6, 6.07) is 5.28. The summed E-state index contributed by atoms with van der Waals surface area (Å²) in [6.07, 6.45) is 2.12. The van der Waals surface area contributed by atoms with Crippen LogP contribution in [0.15, 0.2) is 30.5 Å². The average Bonchev–Trinajstić information content (AvgIpc) is 2.68. The van der Waals surface area contributed by atoms with Crippen molar-refractivity contribution >= 4 is 17.6 Å². The second-order valence-electron chi connectivity index (χ2n) is 7.77. The van der Waals surface area contributed by atoms with Crippen LogP contribution >= 0.6 is 0 Å². The van der Waals surface area contributed by atoms with Gasteiger partial charge >= 0.3 is 0 Å². The average molecular weight is 415 g/mol. The highest BCUT2D eigenvalue weighted by molar-refractivity contribution is 6.06. The number of carbonyl (C=O) groups is 2. The molecule has 1 atom stereocenters. The molecule has 2 fully saturated rings. The van der Waals surface area contributed by atoms with Gasteiger partial charge in [-0.3, -0.25) is 14.5 Å². The van der Waals surface area contributed by atoms with Gasteiger partial charge in [0.15, 0.2) is 11.6 Å². The molecule has 0 unspecified atom stereocenters. The van der Waals surface area contributed by atoms with E-state index in [0.29, 0.717) is 36.3 Å². The first-order chi connectivity index (χ1) is 14.4. The molecule has 8 heteroatoms. The van der Waals surface area contributed by atoms with Crippen LogP contribution in [0.1, 0.15) is 23.6 Å². The monoisotopic (exact) mass is 415 g/mol. The quantitative estimate of drug-likeness (QED) is 0.753. The van der Waals surface area contributed by atoms with Crippen molar-refractivity contribution < 1.29 is 23.1 Å². The van der Waals surface area contributed by atoms with E-state index in [4.69, 9.17) is 4.74 Å². The van der Waals surface area contributed by atoms with Crippen LogP contribution < -0.4 is 4.90 Å². The Hall–Kier alpha value is -2.87. The lowest BCUT2D eigenvalue weighted by Crippen LogP contribution is -2.65. The molecule has 0 radical (unpaired) electrons. The number of hydrogen-bond donors (Lipinski definition) is 0. The Bertz CT molecular complexity index is 994. The van der Waals surface area contributed by atoms with Crippen LogP contribution in [0.4, 0.5) is 14.6 Å². The molecule has 3 heterocycles. The standard InChI is InChI=1S/C22H23F2N3O3/c1-3-14-6-18(24)21(25-8-14)27-10-19(28)26(20(22(27)29)16-11-30-12-16)9-15-5-4-13(2)17(23)7-15/h4-8,16,20H,3,9-12H2,1-2H3/t20-/m0/s1. The Morgan fingerprint density at radius 3 is 2.47 bits per heavy atom. The summed E-state index contributed by atoms with van der Waals surface area (Å²) in [7, 11) is 0. The van der Waals surface area contributed by atoms with E-state index in [0.717, 1.165) is 4.90 Å². The molecule has 2 aliphatic heterocycles. The van der Waals surface area contributed by atoms with E-state index >= 15 is 0 Å². The lowest BCUT2D eigenvalue weighted by atomic mass is 9.92. The van der Waals surface area contributed by atoms with Gasteiger partial charge in [-0.1, -0.05) is 19.1 Å². The number of aromatic nitrogens is 1. The molecular formula is C22H23F2N3O3. The zero-order valence-electron chi connectivity index (χ0n) is 16.9. The van der Waals surface area contributed by atoms with Crippen LogP contribution in [0.25, 0.3) is 0 Å². The van der Waals surface area contributed by atoms with Crippen LogP contribution in [0.5, 0.6) is 0 Å². The number of anilines is 1. The Morgan fingerprint density at radius 1 is 1.13 bits per heavy atom. The molecule has 0 saturated carbocycles. The van der Waals surface area contributed by atoms with E-state index in [2.05, 4.69) is 4.98 Å².